The number of hydrogen-bond acceptors (Lipinski definition) is 5. The molecule has 0 radical (unpaired) electrons. The van der Waals surface area contributed by atoms with E-state index in [4.69, 9.17) is 5.26 Å². The molecule has 0 saturated heterocycles. The molecule has 0 spiro atoms. The van der Waals surface area contributed by atoms with Gasteiger partial charge in [-0.15, -0.1) is 0 Å². The Kier molecular flexibility index (Phi) is 2.72. The zero-order chi connectivity index (χ0) is 11.6. The quantitative estimate of drug-likeness (QED) is 0.550. The van der Waals surface area contributed by atoms with Crippen molar-refractivity contribution in [2.75, 3.05) is 6.26 Å². The number of rotatable bonds is 2. The number of nitro groups is 1. The van der Waals surface area contributed by atoms with Gasteiger partial charge in [0.1, 0.15) is 11.6 Å². The molecule has 0 N–H and O–H groups in total. The summed E-state index contributed by atoms with van der Waals surface area (Å²) in [5.74, 6) is 0. The Balaban J connectivity index is 3.66. The summed E-state index contributed by atoms with van der Waals surface area (Å²) in [4.78, 5) is 9.41. The average Bonchev–Trinajstić information content (AvgIpc) is 2.15. The van der Waals surface area contributed by atoms with Gasteiger partial charge in [0, 0.05) is 12.3 Å². The first-order valence-corrected chi connectivity index (χ1v) is 5.64. The fourth-order valence-corrected chi connectivity index (χ4v) is 1.94. The smallest absolute Gasteiger partial charge is 0.258 e. The number of nitriles is 1. The molecule has 0 aromatic heterocycles. The van der Waals surface area contributed by atoms with E-state index in [1.165, 1.54) is 18.2 Å². The van der Waals surface area contributed by atoms with E-state index < -0.39 is 26.0 Å². The lowest BCUT2D eigenvalue weighted by molar-refractivity contribution is -0.385. The Morgan fingerprint density at radius 3 is 2.47 bits per heavy atom. The summed E-state index contributed by atoms with van der Waals surface area (Å²) in [5, 5.41) is 19.2. The molecular weight excluding hydrogens is 220 g/mol. The molecule has 6 nitrogen and oxygen atoms in total. The Hall–Kier alpha value is -1.94. The Morgan fingerprint density at radius 1 is 1.47 bits per heavy atom. The van der Waals surface area contributed by atoms with Crippen LogP contribution in [0.5, 0.6) is 0 Å². The SMILES string of the molecule is CS(=O)(=O)c1cccc([N+](=O)[O-])c1C#N. The largest absolute Gasteiger partial charge is 0.288 e. The molecule has 0 aliphatic heterocycles. The lowest BCUT2D eigenvalue weighted by atomic mass is 10.2. The first-order valence-electron chi connectivity index (χ1n) is 3.75. The highest BCUT2D eigenvalue weighted by atomic mass is 32.2. The fourth-order valence-electron chi connectivity index (χ4n) is 1.09. The molecule has 0 saturated carbocycles. The molecule has 0 atom stereocenters. The molecule has 78 valence electrons. The minimum Gasteiger partial charge on any atom is -0.258 e. The number of sulfone groups is 1. The zero-order valence-electron chi connectivity index (χ0n) is 7.67. The van der Waals surface area contributed by atoms with Crippen molar-refractivity contribution in [1.29, 1.82) is 5.26 Å². The normalized spacial score (nSPS) is 10.7. The highest BCUT2D eigenvalue weighted by Crippen LogP contribution is 2.24. The standard InChI is InChI=1S/C8H6N2O4S/c1-15(13,14)8-4-2-3-7(10(11)12)6(8)5-9/h2-4H,1H3. The first-order chi connectivity index (χ1) is 6.88. The minimum atomic E-state index is -3.63. The van der Waals surface area contributed by atoms with Crippen LogP contribution in [0, 0.1) is 21.4 Å². The summed E-state index contributed by atoms with van der Waals surface area (Å²) in [6.45, 7) is 0. The summed E-state index contributed by atoms with van der Waals surface area (Å²) in [6.07, 6.45) is 0.896. The Morgan fingerprint density at radius 2 is 2.07 bits per heavy atom. The Bertz CT molecular complexity index is 556. The van der Waals surface area contributed by atoms with Crippen LogP contribution < -0.4 is 0 Å². The van der Waals surface area contributed by atoms with E-state index in [9.17, 15) is 18.5 Å². The summed E-state index contributed by atoms with van der Waals surface area (Å²) in [5.41, 5.74) is -0.926. The molecular formula is C8H6N2O4S. The molecule has 0 aliphatic rings. The van der Waals surface area contributed by atoms with Crippen LogP contribution in [-0.4, -0.2) is 19.6 Å². The van der Waals surface area contributed by atoms with Crippen molar-refractivity contribution >= 4 is 15.5 Å². The van der Waals surface area contributed by atoms with Crippen molar-refractivity contribution in [2.24, 2.45) is 0 Å². The second-order valence-corrected chi connectivity index (χ2v) is 4.78. The predicted octanol–water partition coefficient (Wildman–Crippen LogP) is 0.870. The van der Waals surface area contributed by atoms with Gasteiger partial charge in [-0.1, -0.05) is 6.07 Å². The van der Waals surface area contributed by atoms with Gasteiger partial charge in [-0.05, 0) is 6.07 Å². The average molecular weight is 226 g/mol. The van der Waals surface area contributed by atoms with Crippen LogP contribution in [0.25, 0.3) is 0 Å². The maximum absolute atomic E-state index is 11.2. The van der Waals surface area contributed by atoms with Crippen molar-refractivity contribution in [1.82, 2.24) is 0 Å². The zero-order valence-corrected chi connectivity index (χ0v) is 8.48. The minimum absolute atomic E-state index is 0.320. The molecule has 0 fully saturated rings. The van der Waals surface area contributed by atoms with Crippen LogP contribution in [-0.2, 0) is 9.84 Å². The van der Waals surface area contributed by atoms with E-state index in [0.717, 1.165) is 12.3 Å². The summed E-state index contributed by atoms with van der Waals surface area (Å²) < 4.78 is 22.4. The van der Waals surface area contributed by atoms with Gasteiger partial charge in [0.15, 0.2) is 9.84 Å². The van der Waals surface area contributed by atoms with Crippen LogP contribution in [0.15, 0.2) is 23.1 Å². The van der Waals surface area contributed by atoms with Gasteiger partial charge in [-0.2, -0.15) is 5.26 Å². The molecule has 1 aromatic carbocycles. The lowest BCUT2D eigenvalue weighted by Crippen LogP contribution is -2.03. The molecule has 7 heteroatoms. The molecule has 0 amide bonds. The van der Waals surface area contributed by atoms with E-state index in [2.05, 4.69) is 0 Å². The van der Waals surface area contributed by atoms with Gasteiger partial charge < -0.3 is 0 Å². The van der Waals surface area contributed by atoms with E-state index in [1.807, 2.05) is 0 Å². The van der Waals surface area contributed by atoms with Crippen molar-refractivity contribution < 1.29 is 13.3 Å². The van der Waals surface area contributed by atoms with Gasteiger partial charge >= 0.3 is 0 Å². The van der Waals surface area contributed by atoms with Crippen LogP contribution in [0.3, 0.4) is 0 Å². The molecule has 0 bridgehead atoms. The molecule has 1 rings (SSSR count). The third kappa shape index (κ3) is 2.11. The molecule has 0 aliphatic carbocycles. The lowest BCUT2D eigenvalue weighted by Gasteiger charge is -2.00. The third-order valence-corrected chi connectivity index (χ3v) is 2.85. The summed E-state index contributed by atoms with van der Waals surface area (Å²) >= 11 is 0. The topological polar surface area (TPSA) is 101 Å². The van der Waals surface area contributed by atoms with Crippen LogP contribution in [0.2, 0.25) is 0 Å². The van der Waals surface area contributed by atoms with E-state index in [0.29, 0.717) is 0 Å². The van der Waals surface area contributed by atoms with Crippen molar-refractivity contribution in [3.63, 3.8) is 0 Å². The highest BCUT2D eigenvalue weighted by molar-refractivity contribution is 7.90. The second kappa shape index (κ2) is 3.67. The first kappa shape index (κ1) is 11.1. The maximum Gasteiger partial charge on any atom is 0.288 e. The van der Waals surface area contributed by atoms with Gasteiger partial charge in [0.2, 0.25) is 0 Å². The summed E-state index contributed by atoms with van der Waals surface area (Å²) in [6, 6.07) is 5.02. The monoisotopic (exact) mass is 226 g/mol. The number of hydrogen-bond donors (Lipinski definition) is 0. The van der Waals surface area contributed by atoms with Gasteiger partial charge in [-0.3, -0.25) is 10.1 Å². The third-order valence-electron chi connectivity index (χ3n) is 1.71. The van der Waals surface area contributed by atoms with Crippen molar-refractivity contribution in [2.45, 2.75) is 4.90 Å². The molecule has 1 aromatic rings. The van der Waals surface area contributed by atoms with Crippen LogP contribution in [0.4, 0.5) is 5.69 Å². The van der Waals surface area contributed by atoms with Crippen molar-refractivity contribution in [3.8, 4) is 6.07 Å². The second-order valence-electron chi connectivity index (χ2n) is 2.79. The Labute approximate surface area is 85.8 Å². The van der Waals surface area contributed by atoms with E-state index in [-0.39, 0.29) is 4.90 Å². The number of nitro benzene ring substituents is 1. The molecule has 0 unspecified atom stereocenters. The number of benzene rings is 1. The van der Waals surface area contributed by atoms with Gasteiger partial charge in [0.05, 0.1) is 9.82 Å². The van der Waals surface area contributed by atoms with E-state index >= 15 is 0 Å². The molecule has 0 heterocycles. The maximum atomic E-state index is 11.2. The van der Waals surface area contributed by atoms with Crippen molar-refractivity contribution in [3.05, 3.63) is 33.9 Å². The van der Waals surface area contributed by atoms with E-state index in [1.54, 1.807) is 0 Å². The number of nitrogens with zero attached hydrogens (tertiary/aromatic N) is 2. The predicted molar refractivity (Wildman–Crippen MR) is 50.9 cm³/mol. The highest BCUT2D eigenvalue weighted by Gasteiger charge is 2.22. The van der Waals surface area contributed by atoms with Gasteiger partial charge in [-0.25, -0.2) is 8.42 Å². The van der Waals surface area contributed by atoms with Crippen LogP contribution >= 0.6 is 0 Å². The molecule has 15 heavy (non-hydrogen) atoms. The fraction of sp³-hybridized carbons (Fsp3) is 0.125. The van der Waals surface area contributed by atoms with Crippen LogP contribution in [0.1, 0.15) is 5.56 Å². The summed E-state index contributed by atoms with van der Waals surface area (Å²) in [7, 11) is -3.63. The van der Waals surface area contributed by atoms with Gasteiger partial charge in [0.25, 0.3) is 5.69 Å².